The van der Waals surface area contributed by atoms with Crippen LogP contribution in [0.15, 0.2) is 42.6 Å². The highest BCUT2D eigenvalue weighted by molar-refractivity contribution is 5.94. The van der Waals surface area contributed by atoms with Crippen LogP contribution in [0.2, 0.25) is 0 Å². The van der Waals surface area contributed by atoms with Crippen LogP contribution in [0.3, 0.4) is 0 Å². The lowest BCUT2D eigenvalue weighted by molar-refractivity contribution is 0.0537. The number of rotatable bonds is 3. The zero-order chi connectivity index (χ0) is 18.0. The van der Waals surface area contributed by atoms with Crippen molar-refractivity contribution >= 4 is 11.8 Å². The Morgan fingerprint density at radius 2 is 1.92 bits per heavy atom. The Hall–Kier alpha value is -2.60. The highest BCUT2D eigenvalue weighted by Gasteiger charge is 2.30. The van der Waals surface area contributed by atoms with E-state index in [1.807, 2.05) is 53.0 Å². The Bertz CT molecular complexity index is 783. The van der Waals surface area contributed by atoms with Crippen molar-refractivity contribution in [3.8, 4) is 0 Å². The summed E-state index contributed by atoms with van der Waals surface area (Å²) in [4.78, 5) is 28.8. The molecule has 1 N–H and O–H groups in total. The Morgan fingerprint density at radius 3 is 2.60 bits per heavy atom. The monoisotopic (exact) mass is 340 g/mol. The molecular formula is C19H24N4O2. The van der Waals surface area contributed by atoms with Gasteiger partial charge in [0.2, 0.25) is 0 Å². The normalized spacial score (nSPS) is 18.2. The first-order valence-corrected chi connectivity index (χ1v) is 8.44. The van der Waals surface area contributed by atoms with Crippen molar-refractivity contribution in [2.45, 2.75) is 6.04 Å². The summed E-state index contributed by atoms with van der Waals surface area (Å²) in [6.07, 6.45) is 1.88. The Kier molecular flexibility index (Phi) is 4.90. The zero-order valence-corrected chi connectivity index (χ0v) is 14.9. The third-order valence-electron chi connectivity index (χ3n) is 4.86. The summed E-state index contributed by atoms with van der Waals surface area (Å²) < 4.78 is 1.85. The fourth-order valence-electron chi connectivity index (χ4n) is 3.29. The molecule has 1 saturated heterocycles. The summed E-state index contributed by atoms with van der Waals surface area (Å²) in [5, 5.41) is 2.65. The first kappa shape index (κ1) is 17.2. The second-order valence-corrected chi connectivity index (χ2v) is 6.46. The van der Waals surface area contributed by atoms with Gasteiger partial charge in [-0.2, -0.15) is 0 Å². The molecule has 25 heavy (non-hydrogen) atoms. The lowest BCUT2D eigenvalue weighted by atomic mass is 10.00. The molecule has 3 rings (SSSR count). The van der Waals surface area contributed by atoms with Crippen molar-refractivity contribution in [1.29, 1.82) is 0 Å². The molecule has 6 nitrogen and oxygen atoms in total. The van der Waals surface area contributed by atoms with Crippen LogP contribution in [-0.4, -0.2) is 59.9 Å². The molecule has 2 amide bonds. The molecule has 0 aliphatic carbocycles. The van der Waals surface area contributed by atoms with Gasteiger partial charge in [-0.15, -0.1) is 0 Å². The summed E-state index contributed by atoms with van der Waals surface area (Å²) in [6.45, 7) is 2.11. The minimum atomic E-state index is -0.0999. The average Bonchev–Trinajstić information content (AvgIpc) is 3.07. The van der Waals surface area contributed by atoms with E-state index in [1.54, 1.807) is 13.1 Å². The molecule has 1 aromatic heterocycles. The highest BCUT2D eigenvalue weighted by Crippen LogP contribution is 2.25. The predicted octanol–water partition coefficient (Wildman–Crippen LogP) is 1.51. The summed E-state index contributed by atoms with van der Waals surface area (Å²) in [6, 6.07) is 11.4. The van der Waals surface area contributed by atoms with E-state index >= 15 is 0 Å². The molecule has 0 saturated carbocycles. The van der Waals surface area contributed by atoms with E-state index in [0.29, 0.717) is 24.3 Å². The molecule has 1 aliphatic rings. The molecule has 0 bridgehead atoms. The Morgan fingerprint density at radius 1 is 1.12 bits per heavy atom. The van der Waals surface area contributed by atoms with Crippen LogP contribution in [0.1, 0.15) is 32.5 Å². The average molecular weight is 340 g/mol. The first-order valence-electron chi connectivity index (χ1n) is 8.44. The van der Waals surface area contributed by atoms with Crippen molar-refractivity contribution in [3.05, 3.63) is 59.4 Å². The molecule has 2 heterocycles. The predicted molar refractivity (Wildman–Crippen MR) is 96.5 cm³/mol. The summed E-state index contributed by atoms with van der Waals surface area (Å²) in [5.41, 5.74) is 2.38. The van der Waals surface area contributed by atoms with Gasteiger partial charge in [-0.3, -0.25) is 14.5 Å². The zero-order valence-electron chi connectivity index (χ0n) is 14.9. The number of aryl methyl sites for hydroxylation is 1. The van der Waals surface area contributed by atoms with Gasteiger partial charge in [0.05, 0.1) is 6.04 Å². The molecule has 1 atom stereocenters. The molecular weight excluding hydrogens is 316 g/mol. The van der Waals surface area contributed by atoms with Gasteiger partial charge < -0.3 is 14.8 Å². The molecule has 132 valence electrons. The highest BCUT2D eigenvalue weighted by atomic mass is 16.2. The van der Waals surface area contributed by atoms with E-state index in [0.717, 1.165) is 12.1 Å². The third-order valence-corrected chi connectivity index (χ3v) is 4.86. The number of hydrogen-bond acceptors (Lipinski definition) is 3. The number of hydrogen-bond donors (Lipinski definition) is 1. The maximum absolute atomic E-state index is 12.8. The van der Waals surface area contributed by atoms with Crippen LogP contribution < -0.4 is 5.32 Å². The number of amides is 2. The number of nitrogens with one attached hydrogen (secondary N) is 1. The lowest BCUT2D eigenvalue weighted by Crippen LogP contribution is -2.49. The van der Waals surface area contributed by atoms with Gasteiger partial charge in [-0.05, 0) is 36.9 Å². The van der Waals surface area contributed by atoms with Gasteiger partial charge in [0.1, 0.15) is 5.69 Å². The van der Waals surface area contributed by atoms with Crippen LogP contribution in [0.25, 0.3) is 0 Å². The van der Waals surface area contributed by atoms with Gasteiger partial charge in [0.25, 0.3) is 11.8 Å². The Balaban J connectivity index is 1.83. The van der Waals surface area contributed by atoms with Crippen molar-refractivity contribution < 1.29 is 9.59 Å². The maximum Gasteiger partial charge on any atom is 0.270 e. The quantitative estimate of drug-likeness (QED) is 0.922. The van der Waals surface area contributed by atoms with Gasteiger partial charge >= 0.3 is 0 Å². The number of likely N-dealkylation sites (N-methyl/N-ethyl adjacent to an activating group) is 1. The second kappa shape index (κ2) is 7.11. The summed E-state index contributed by atoms with van der Waals surface area (Å²) >= 11 is 0. The molecule has 0 radical (unpaired) electrons. The smallest absolute Gasteiger partial charge is 0.270 e. The second-order valence-electron chi connectivity index (χ2n) is 6.46. The molecule has 6 heteroatoms. The van der Waals surface area contributed by atoms with Gasteiger partial charge in [0, 0.05) is 45.5 Å². The molecule has 2 aromatic rings. The van der Waals surface area contributed by atoms with Crippen LogP contribution in [0.4, 0.5) is 0 Å². The van der Waals surface area contributed by atoms with E-state index < -0.39 is 0 Å². The Labute approximate surface area is 148 Å². The van der Waals surface area contributed by atoms with E-state index in [1.165, 1.54) is 0 Å². The standard InChI is InChI=1S/C19H24N4O2/c1-20-18(24)15-7-4-6-14(12-15)17-13-23(11-10-22(17)3)19(25)16-8-5-9-21(16)2/h4-9,12,17H,10-11,13H2,1-3H3,(H,20,24)/t17-/m1/s1. The van der Waals surface area contributed by atoms with Crippen LogP contribution >= 0.6 is 0 Å². The van der Waals surface area contributed by atoms with Gasteiger partial charge in [-0.25, -0.2) is 0 Å². The number of nitrogens with zero attached hydrogens (tertiary/aromatic N) is 3. The SMILES string of the molecule is CNC(=O)c1cccc([C@H]2CN(C(=O)c3cccn3C)CCN2C)c1. The number of aromatic nitrogens is 1. The number of carbonyl (C=O) groups is 2. The van der Waals surface area contributed by atoms with Crippen molar-refractivity contribution in [3.63, 3.8) is 0 Å². The van der Waals surface area contributed by atoms with Crippen molar-refractivity contribution in [2.75, 3.05) is 33.7 Å². The van der Waals surface area contributed by atoms with Crippen molar-refractivity contribution in [1.82, 2.24) is 19.7 Å². The fraction of sp³-hybridized carbons (Fsp3) is 0.368. The largest absolute Gasteiger partial charge is 0.355 e. The minimum absolute atomic E-state index is 0.0491. The maximum atomic E-state index is 12.8. The van der Waals surface area contributed by atoms with Gasteiger partial charge in [0.15, 0.2) is 0 Å². The van der Waals surface area contributed by atoms with E-state index in [4.69, 9.17) is 0 Å². The first-order chi connectivity index (χ1) is 12.0. The molecule has 1 fully saturated rings. The summed E-state index contributed by atoms with van der Waals surface area (Å²) in [5.74, 6) is -0.0508. The molecule has 1 aromatic carbocycles. The molecule has 0 spiro atoms. The van der Waals surface area contributed by atoms with Crippen LogP contribution in [0.5, 0.6) is 0 Å². The van der Waals surface area contributed by atoms with Crippen molar-refractivity contribution in [2.24, 2.45) is 7.05 Å². The van der Waals surface area contributed by atoms with E-state index in [9.17, 15) is 9.59 Å². The minimum Gasteiger partial charge on any atom is -0.355 e. The summed E-state index contributed by atoms with van der Waals surface area (Å²) in [7, 11) is 5.57. The van der Waals surface area contributed by atoms with Gasteiger partial charge in [-0.1, -0.05) is 12.1 Å². The molecule has 0 unspecified atom stereocenters. The third kappa shape index (κ3) is 3.44. The van der Waals surface area contributed by atoms with Crippen LogP contribution in [-0.2, 0) is 7.05 Å². The topological polar surface area (TPSA) is 57.6 Å². The molecule has 1 aliphatic heterocycles. The number of carbonyl (C=O) groups excluding carboxylic acids is 2. The number of piperazine rings is 1. The van der Waals surface area contributed by atoms with E-state index in [2.05, 4.69) is 17.3 Å². The number of benzene rings is 1. The lowest BCUT2D eigenvalue weighted by Gasteiger charge is -2.39. The fourth-order valence-corrected chi connectivity index (χ4v) is 3.29. The van der Waals surface area contributed by atoms with E-state index in [-0.39, 0.29) is 17.9 Å². The van der Waals surface area contributed by atoms with Crippen LogP contribution in [0, 0.1) is 0 Å².